The standard InChI is InChI=1S/C23H28N4O3S/c1-29-19-11-9-18(10-12-19)22-24-25-23(27(22)16-20-8-7-15-30-20)31-17-21(28)26-13-5-3-2-4-6-14-26/h7-12,15H,2-6,13-14,16-17H2,1H3. The summed E-state index contributed by atoms with van der Waals surface area (Å²) in [4.78, 5) is 14.8. The third-order valence-corrected chi connectivity index (χ3v) is 6.44. The summed E-state index contributed by atoms with van der Waals surface area (Å²) in [7, 11) is 1.65. The number of amides is 1. The molecule has 0 N–H and O–H groups in total. The zero-order valence-corrected chi connectivity index (χ0v) is 18.6. The molecule has 4 rings (SSSR count). The fraction of sp³-hybridized carbons (Fsp3) is 0.435. The van der Waals surface area contributed by atoms with Crippen LogP contribution in [0.4, 0.5) is 0 Å². The first-order valence-electron chi connectivity index (χ1n) is 10.7. The van der Waals surface area contributed by atoms with Crippen molar-refractivity contribution in [2.45, 2.75) is 43.8 Å². The van der Waals surface area contributed by atoms with E-state index in [1.807, 2.05) is 45.9 Å². The molecule has 1 aliphatic rings. The van der Waals surface area contributed by atoms with Crippen LogP contribution in [0.3, 0.4) is 0 Å². The second kappa shape index (κ2) is 10.5. The van der Waals surface area contributed by atoms with E-state index < -0.39 is 0 Å². The Bertz CT molecular complexity index is 961. The van der Waals surface area contributed by atoms with Crippen molar-refractivity contribution in [3.8, 4) is 17.1 Å². The van der Waals surface area contributed by atoms with Gasteiger partial charge in [-0.05, 0) is 49.2 Å². The van der Waals surface area contributed by atoms with Gasteiger partial charge in [0.1, 0.15) is 11.5 Å². The highest BCUT2D eigenvalue weighted by Crippen LogP contribution is 2.27. The quantitative estimate of drug-likeness (QED) is 0.505. The molecule has 3 aromatic rings. The van der Waals surface area contributed by atoms with Gasteiger partial charge in [0.15, 0.2) is 11.0 Å². The Labute approximate surface area is 186 Å². The first-order chi connectivity index (χ1) is 15.2. The molecule has 8 heteroatoms. The van der Waals surface area contributed by atoms with E-state index in [0.29, 0.717) is 17.5 Å². The van der Waals surface area contributed by atoms with E-state index in [2.05, 4.69) is 10.2 Å². The molecule has 0 unspecified atom stereocenters. The molecule has 3 heterocycles. The fourth-order valence-electron chi connectivity index (χ4n) is 3.76. The van der Waals surface area contributed by atoms with Crippen LogP contribution in [0, 0.1) is 0 Å². The number of carbonyl (C=O) groups excluding carboxylic acids is 1. The van der Waals surface area contributed by atoms with Crippen LogP contribution >= 0.6 is 11.8 Å². The molecule has 2 aromatic heterocycles. The van der Waals surface area contributed by atoms with Gasteiger partial charge < -0.3 is 14.1 Å². The lowest BCUT2D eigenvalue weighted by atomic mass is 10.1. The van der Waals surface area contributed by atoms with Crippen molar-refractivity contribution in [3.05, 3.63) is 48.4 Å². The van der Waals surface area contributed by atoms with E-state index in [1.54, 1.807) is 13.4 Å². The first kappa shape index (κ1) is 21.5. The van der Waals surface area contributed by atoms with Gasteiger partial charge in [0.25, 0.3) is 0 Å². The molecular weight excluding hydrogens is 412 g/mol. The average molecular weight is 441 g/mol. The Morgan fingerprint density at radius 1 is 1.06 bits per heavy atom. The lowest BCUT2D eigenvalue weighted by molar-refractivity contribution is -0.128. The first-order valence-corrected chi connectivity index (χ1v) is 11.7. The van der Waals surface area contributed by atoms with E-state index in [0.717, 1.165) is 48.8 Å². The fourth-order valence-corrected chi connectivity index (χ4v) is 4.61. The molecule has 1 fully saturated rings. The normalized spacial score (nSPS) is 14.8. The maximum atomic E-state index is 12.8. The highest BCUT2D eigenvalue weighted by molar-refractivity contribution is 7.99. The lowest BCUT2D eigenvalue weighted by Crippen LogP contribution is -2.35. The third kappa shape index (κ3) is 5.50. The minimum absolute atomic E-state index is 0.172. The maximum Gasteiger partial charge on any atom is 0.233 e. The van der Waals surface area contributed by atoms with Gasteiger partial charge >= 0.3 is 0 Å². The largest absolute Gasteiger partial charge is 0.497 e. The van der Waals surface area contributed by atoms with E-state index >= 15 is 0 Å². The third-order valence-electron chi connectivity index (χ3n) is 5.49. The maximum absolute atomic E-state index is 12.8. The average Bonchev–Trinajstić information content (AvgIpc) is 3.42. The molecule has 0 saturated carbocycles. The van der Waals surface area contributed by atoms with Crippen LogP contribution in [0.2, 0.25) is 0 Å². The van der Waals surface area contributed by atoms with Gasteiger partial charge in [0.05, 0.1) is 25.7 Å². The summed E-state index contributed by atoms with van der Waals surface area (Å²) in [6, 6.07) is 11.5. The molecule has 1 amide bonds. The topological polar surface area (TPSA) is 73.4 Å². The predicted octanol–water partition coefficient (Wildman–Crippen LogP) is 4.48. The van der Waals surface area contributed by atoms with Gasteiger partial charge in [-0.2, -0.15) is 0 Å². The Morgan fingerprint density at radius 3 is 2.48 bits per heavy atom. The number of aromatic nitrogens is 3. The van der Waals surface area contributed by atoms with E-state index in [1.165, 1.54) is 31.0 Å². The number of ether oxygens (including phenoxy) is 1. The number of hydrogen-bond donors (Lipinski definition) is 0. The lowest BCUT2D eigenvalue weighted by Gasteiger charge is -2.24. The number of rotatable bonds is 7. The molecule has 0 bridgehead atoms. The smallest absolute Gasteiger partial charge is 0.233 e. The monoisotopic (exact) mass is 440 g/mol. The molecule has 1 aromatic carbocycles. The van der Waals surface area contributed by atoms with Gasteiger partial charge in [-0.1, -0.05) is 31.0 Å². The zero-order valence-electron chi connectivity index (χ0n) is 17.8. The van der Waals surface area contributed by atoms with Gasteiger partial charge in [-0.15, -0.1) is 10.2 Å². The van der Waals surface area contributed by atoms with Crippen molar-refractivity contribution in [1.82, 2.24) is 19.7 Å². The van der Waals surface area contributed by atoms with Gasteiger partial charge in [0, 0.05) is 18.7 Å². The van der Waals surface area contributed by atoms with Crippen molar-refractivity contribution in [2.24, 2.45) is 0 Å². The molecule has 1 saturated heterocycles. The zero-order chi connectivity index (χ0) is 21.5. The van der Waals surface area contributed by atoms with Crippen LogP contribution in [0.15, 0.2) is 52.2 Å². The predicted molar refractivity (Wildman–Crippen MR) is 120 cm³/mol. The second-order valence-electron chi connectivity index (χ2n) is 7.64. The Morgan fingerprint density at radius 2 is 1.81 bits per heavy atom. The molecule has 1 aliphatic heterocycles. The van der Waals surface area contributed by atoms with Gasteiger partial charge in [-0.25, -0.2) is 0 Å². The van der Waals surface area contributed by atoms with Crippen LogP contribution in [0.25, 0.3) is 11.4 Å². The van der Waals surface area contributed by atoms with Crippen molar-refractivity contribution >= 4 is 17.7 Å². The minimum Gasteiger partial charge on any atom is -0.497 e. The molecule has 31 heavy (non-hydrogen) atoms. The SMILES string of the molecule is COc1ccc(-c2nnc(SCC(=O)N3CCCCCCC3)n2Cc2ccco2)cc1. The van der Waals surface area contributed by atoms with Crippen molar-refractivity contribution in [2.75, 3.05) is 26.0 Å². The van der Waals surface area contributed by atoms with Gasteiger partial charge in [0.2, 0.25) is 5.91 Å². The molecule has 0 aliphatic carbocycles. The molecule has 0 spiro atoms. The molecule has 0 radical (unpaired) electrons. The molecule has 164 valence electrons. The van der Waals surface area contributed by atoms with Crippen LogP contribution in [-0.2, 0) is 11.3 Å². The second-order valence-corrected chi connectivity index (χ2v) is 8.58. The van der Waals surface area contributed by atoms with E-state index in [-0.39, 0.29) is 5.91 Å². The number of thioether (sulfide) groups is 1. The summed E-state index contributed by atoms with van der Waals surface area (Å²) in [5.74, 6) is 2.87. The van der Waals surface area contributed by atoms with E-state index in [9.17, 15) is 4.79 Å². The summed E-state index contributed by atoms with van der Waals surface area (Å²) < 4.78 is 12.8. The Kier molecular flexibility index (Phi) is 7.30. The Hall–Kier alpha value is -2.74. The number of nitrogens with zero attached hydrogens (tertiary/aromatic N) is 4. The molecular formula is C23H28N4O3S. The number of carbonyl (C=O) groups is 1. The minimum atomic E-state index is 0.172. The van der Waals surface area contributed by atoms with Crippen molar-refractivity contribution in [3.63, 3.8) is 0 Å². The Balaban J connectivity index is 1.52. The number of benzene rings is 1. The molecule has 0 atom stereocenters. The van der Waals surface area contributed by atoms with Crippen LogP contribution in [0.5, 0.6) is 5.75 Å². The van der Waals surface area contributed by atoms with E-state index in [4.69, 9.17) is 9.15 Å². The highest BCUT2D eigenvalue weighted by Gasteiger charge is 2.20. The van der Waals surface area contributed by atoms with Crippen LogP contribution in [-0.4, -0.2) is 51.5 Å². The highest BCUT2D eigenvalue weighted by atomic mass is 32.2. The summed E-state index contributed by atoms with van der Waals surface area (Å²) >= 11 is 1.44. The van der Waals surface area contributed by atoms with Gasteiger partial charge in [-0.3, -0.25) is 9.36 Å². The van der Waals surface area contributed by atoms with Crippen LogP contribution in [0.1, 0.15) is 37.9 Å². The van der Waals surface area contributed by atoms with Crippen LogP contribution < -0.4 is 4.74 Å². The summed E-state index contributed by atoms with van der Waals surface area (Å²) in [5, 5.41) is 9.53. The number of furan rings is 1. The summed E-state index contributed by atoms with van der Waals surface area (Å²) in [6.07, 6.45) is 7.53. The molecule has 7 nitrogen and oxygen atoms in total. The summed E-state index contributed by atoms with van der Waals surface area (Å²) in [5.41, 5.74) is 0.932. The van der Waals surface area contributed by atoms with Crippen molar-refractivity contribution < 1.29 is 13.9 Å². The number of likely N-dealkylation sites (tertiary alicyclic amines) is 1. The number of methoxy groups -OCH3 is 1. The van der Waals surface area contributed by atoms with Crippen molar-refractivity contribution in [1.29, 1.82) is 0 Å². The summed E-state index contributed by atoms with van der Waals surface area (Å²) in [6.45, 7) is 2.22. The number of hydrogen-bond acceptors (Lipinski definition) is 6.